The summed E-state index contributed by atoms with van der Waals surface area (Å²) >= 11 is 0. The van der Waals surface area contributed by atoms with Gasteiger partial charge < -0.3 is 9.13 Å². The van der Waals surface area contributed by atoms with Crippen molar-refractivity contribution in [2.75, 3.05) is 0 Å². The molecule has 0 atom stereocenters. The van der Waals surface area contributed by atoms with Crippen LogP contribution in [0.1, 0.15) is 0 Å². The third kappa shape index (κ3) is 4.71. The lowest BCUT2D eigenvalue weighted by molar-refractivity contribution is 0.953. The molecule has 0 saturated heterocycles. The Morgan fingerprint density at radius 2 is 0.930 bits per heavy atom. The number of para-hydroxylation sites is 3. The highest BCUT2D eigenvalue weighted by molar-refractivity contribution is 6.21. The maximum atomic E-state index is 5.16. The first kappa shape index (κ1) is 31.4. The maximum absolute atomic E-state index is 5.16. The van der Waals surface area contributed by atoms with Gasteiger partial charge in [-0.25, -0.2) is 4.98 Å². The highest BCUT2D eigenvalue weighted by Crippen LogP contribution is 2.41. The van der Waals surface area contributed by atoms with Gasteiger partial charge in [0.15, 0.2) is 11.6 Å². The van der Waals surface area contributed by atoms with E-state index >= 15 is 0 Å². The molecule has 8 nitrogen and oxygen atoms in total. The fourth-order valence-electron chi connectivity index (χ4n) is 8.52. The molecule has 0 unspecified atom stereocenters. The lowest BCUT2D eigenvalue weighted by atomic mass is 10.1. The lowest BCUT2D eigenvalue weighted by Gasteiger charge is -2.13. The van der Waals surface area contributed by atoms with Gasteiger partial charge in [-0.15, -0.1) is 0 Å². The van der Waals surface area contributed by atoms with Gasteiger partial charge in [-0.2, -0.15) is 9.97 Å². The van der Waals surface area contributed by atoms with E-state index in [1.807, 2.05) is 79.1 Å². The van der Waals surface area contributed by atoms with E-state index in [1.165, 1.54) is 0 Å². The number of hydrogen-bond acceptors (Lipinski definition) is 5. The van der Waals surface area contributed by atoms with Crippen molar-refractivity contribution in [2.45, 2.75) is 0 Å². The van der Waals surface area contributed by atoms with Crippen LogP contribution in [-0.4, -0.2) is 38.6 Å². The second kappa shape index (κ2) is 12.3. The van der Waals surface area contributed by atoms with Crippen LogP contribution in [0.3, 0.4) is 0 Å². The minimum atomic E-state index is 0.560. The Balaban J connectivity index is 1.16. The molecule has 6 aromatic carbocycles. The van der Waals surface area contributed by atoms with Crippen LogP contribution < -0.4 is 0 Å². The first-order valence-electron chi connectivity index (χ1n) is 18.9. The molecular formula is C49H30N8. The van der Waals surface area contributed by atoms with Crippen molar-refractivity contribution >= 4 is 65.7 Å². The van der Waals surface area contributed by atoms with Crippen molar-refractivity contribution in [1.29, 1.82) is 0 Å². The Labute approximate surface area is 325 Å². The highest BCUT2D eigenvalue weighted by atomic mass is 15.2. The first-order valence-corrected chi connectivity index (χ1v) is 18.9. The van der Waals surface area contributed by atoms with Crippen LogP contribution in [-0.2, 0) is 0 Å². The molecule has 0 N–H and O–H groups in total. The predicted octanol–water partition coefficient (Wildman–Crippen LogP) is 11.3. The third-order valence-electron chi connectivity index (χ3n) is 11.0. The summed E-state index contributed by atoms with van der Waals surface area (Å²) in [5, 5.41) is 4.27. The van der Waals surface area contributed by atoms with Crippen LogP contribution in [0.5, 0.6) is 0 Å². The number of rotatable bonds is 5. The fraction of sp³-hybridized carbons (Fsp3) is 0. The van der Waals surface area contributed by atoms with Crippen LogP contribution in [0.4, 0.5) is 0 Å². The van der Waals surface area contributed by atoms with E-state index < -0.39 is 0 Å². The maximum Gasteiger partial charge on any atom is 0.238 e. The van der Waals surface area contributed by atoms with Gasteiger partial charge in [0.1, 0.15) is 0 Å². The number of aromatic nitrogens is 8. The van der Waals surface area contributed by atoms with Gasteiger partial charge in [0.2, 0.25) is 5.95 Å². The molecule has 8 heteroatoms. The molecule has 6 aromatic heterocycles. The average molecular weight is 731 g/mol. The van der Waals surface area contributed by atoms with Gasteiger partial charge in [-0.1, -0.05) is 115 Å². The van der Waals surface area contributed by atoms with E-state index in [1.54, 1.807) is 0 Å². The molecule has 0 aliphatic rings. The van der Waals surface area contributed by atoms with Gasteiger partial charge in [-0.3, -0.25) is 14.5 Å². The van der Waals surface area contributed by atoms with Crippen LogP contribution in [0, 0.1) is 0 Å². The van der Waals surface area contributed by atoms with Gasteiger partial charge in [0.25, 0.3) is 0 Å². The molecule has 0 aliphatic carbocycles. The van der Waals surface area contributed by atoms with E-state index in [9.17, 15) is 0 Å². The molecule has 0 spiro atoms. The third-order valence-corrected chi connectivity index (χ3v) is 11.0. The Morgan fingerprint density at radius 3 is 1.65 bits per heavy atom. The topological polar surface area (TPSA) is 79.2 Å². The summed E-state index contributed by atoms with van der Waals surface area (Å²) in [6.45, 7) is 0. The highest BCUT2D eigenvalue weighted by Gasteiger charge is 2.24. The van der Waals surface area contributed by atoms with Crippen molar-refractivity contribution in [3.05, 3.63) is 182 Å². The van der Waals surface area contributed by atoms with E-state index in [0.29, 0.717) is 17.6 Å². The smallest absolute Gasteiger partial charge is 0.238 e. The number of benzene rings is 6. The molecule has 0 bridgehead atoms. The minimum absolute atomic E-state index is 0.560. The normalized spacial score (nSPS) is 11.9. The number of hydrogen-bond donors (Lipinski definition) is 0. The number of fused-ring (bicyclic) bond motifs is 10. The second-order valence-corrected chi connectivity index (χ2v) is 14.2. The fourth-order valence-corrected chi connectivity index (χ4v) is 8.52. The van der Waals surface area contributed by atoms with Crippen molar-refractivity contribution in [2.24, 2.45) is 0 Å². The van der Waals surface area contributed by atoms with Crippen molar-refractivity contribution in [3.8, 4) is 40.1 Å². The molecule has 12 rings (SSSR count). The lowest BCUT2D eigenvalue weighted by Crippen LogP contribution is -2.06. The Morgan fingerprint density at radius 1 is 0.351 bits per heavy atom. The zero-order chi connectivity index (χ0) is 37.5. The Bertz CT molecular complexity index is 3450. The number of pyridine rings is 2. The zero-order valence-corrected chi connectivity index (χ0v) is 30.4. The van der Waals surface area contributed by atoms with Gasteiger partial charge in [0.05, 0.1) is 44.1 Å². The molecule has 6 heterocycles. The van der Waals surface area contributed by atoms with Crippen LogP contribution in [0.25, 0.3) is 106 Å². The SMILES string of the molecule is c1ccc(-c2nc(-c3ccccc3)nc(-n3c4ccccc4c4cc(-n5c6ccccc6c6ncc7c8ncccc8n(-c8ccccc8)c7c65)ccc43)n2)cc1. The molecule has 266 valence electrons. The largest absolute Gasteiger partial charge is 0.306 e. The van der Waals surface area contributed by atoms with Crippen LogP contribution in [0.15, 0.2) is 182 Å². The summed E-state index contributed by atoms with van der Waals surface area (Å²) in [6.07, 6.45) is 3.85. The standard InChI is InChI=1S/C49H30N8/c1-4-15-31(16-5-1)47-52-48(32-17-6-2-7-18-32)54-49(53-47)57-39-23-12-10-21-35(39)37-29-34(26-27-41(37)57)56-40-24-13-11-22-36(40)44-46(56)45-38(30-51-44)43-42(25-14-28-50-43)55(45)33-19-8-3-9-20-33/h1-30H. The molecular weight excluding hydrogens is 701 g/mol. The van der Waals surface area contributed by atoms with E-state index in [-0.39, 0.29) is 0 Å². The minimum Gasteiger partial charge on any atom is -0.306 e. The summed E-state index contributed by atoms with van der Waals surface area (Å²) in [5.41, 5.74) is 12.0. The van der Waals surface area contributed by atoms with Gasteiger partial charge >= 0.3 is 0 Å². The van der Waals surface area contributed by atoms with Crippen LogP contribution >= 0.6 is 0 Å². The van der Waals surface area contributed by atoms with E-state index in [4.69, 9.17) is 24.9 Å². The zero-order valence-electron chi connectivity index (χ0n) is 30.4. The van der Waals surface area contributed by atoms with Crippen molar-refractivity contribution in [3.63, 3.8) is 0 Å². The van der Waals surface area contributed by atoms with Crippen molar-refractivity contribution < 1.29 is 0 Å². The van der Waals surface area contributed by atoms with Gasteiger partial charge in [-0.05, 0) is 54.6 Å². The van der Waals surface area contributed by atoms with E-state index in [0.717, 1.165) is 88.2 Å². The summed E-state index contributed by atoms with van der Waals surface area (Å²) in [7, 11) is 0. The molecule has 0 saturated carbocycles. The molecule has 0 aliphatic heterocycles. The summed E-state index contributed by atoms with van der Waals surface area (Å²) in [4.78, 5) is 25.3. The Kier molecular flexibility index (Phi) is 6.76. The summed E-state index contributed by atoms with van der Waals surface area (Å²) < 4.78 is 6.87. The first-order chi connectivity index (χ1) is 28.3. The average Bonchev–Trinajstić information content (AvgIpc) is 3.93. The van der Waals surface area contributed by atoms with Gasteiger partial charge in [0, 0.05) is 56.4 Å². The molecule has 0 radical (unpaired) electrons. The molecule has 0 fully saturated rings. The molecule has 0 amide bonds. The quantitative estimate of drug-likeness (QED) is 0.176. The number of nitrogens with zero attached hydrogens (tertiary/aromatic N) is 8. The predicted molar refractivity (Wildman–Crippen MR) is 229 cm³/mol. The monoisotopic (exact) mass is 730 g/mol. The molecule has 57 heavy (non-hydrogen) atoms. The van der Waals surface area contributed by atoms with Crippen molar-refractivity contribution in [1.82, 2.24) is 38.6 Å². The summed E-state index contributed by atoms with van der Waals surface area (Å²) in [5.74, 6) is 1.79. The Hall–Kier alpha value is -7.97. The van der Waals surface area contributed by atoms with E-state index in [2.05, 4.69) is 117 Å². The summed E-state index contributed by atoms with van der Waals surface area (Å²) in [6, 6.07) is 58.6. The second-order valence-electron chi connectivity index (χ2n) is 14.2. The molecule has 12 aromatic rings. The van der Waals surface area contributed by atoms with Crippen LogP contribution in [0.2, 0.25) is 0 Å².